The van der Waals surface area contributed by atoms with Crippen LogP contribution in [0.1, 0.15) is 24.8 Å². The molecular weight excluding hydrogens is 232 g/mol. The van der Waals surface area contributed by atoms with E-state index in [1.807, 2.05) is 6.07 Å². The van der Waals surface area contributed by atoms with E-state index < -0.39 is 0 Å². The minimum atomic E-state index is 0. The summed E-state index contributed by atoms with van der Waals surface area (Å²) < 4.78 is 0.973. The third-order valence-electron chi connectivity index (χ3n) is 3.53. The summed E-state index contributed by atoms with van der Waals surface area (Å²) in [5.74, 6) is 0. The summed E-state index contributed by atoms with van der Waals surface area (Å²) in [4.78, 5) is 0. The highest BCUT2D eigenvalue weighted by Crippen LogP contribution is 2.22. The molecule has 1 heterocycles. The zero-order valence-corrected chi connectivity index (χ0v) is 10.9. The van der Waals surface area contributed by atoms with Gasteiger partial charge in [0, 0.05) is 5.56 Å². The largest absolute Gasteiger partial charge is 1.00 e. The Labute approximate surface area is 110 Å². The summed E-state index contributed by atoms with van der Waals surface area (Å²) in [6.07, 6.45) is 3.88. The number of likely N-dealkylation sites (tertiary alicyclic amines) is 1. The Hall–Kier alpha value is -1.04. The van der Waals surface area contributed by atoms with Gasteiger partial charge in [0.1, 0.15) is 12.6 Å². The first-order chi connectivity index (χ1) is 7.85. The first-order valence-corrected chi connectivity index (χ1v) is 6.11. The molecule has 1 aliphatic heterocycles. The third kappa shape index (κ3) is 3.73. The summed E-state index contributed by atoms with van der Waals surface area (Å²) in [5.41, 5.74) is 1.36. The Bertz CT molecular complexity index is 364. The summed E-state index contributed by atoms with van der Waals surface area (Å²) in [6.45, 7) is 4.02. The van der Waals surface area contributed by atoms with Gasteiger partial charge in [-0.3, -0.25) is 0 Å². The molecular formula is C14H19ClN2. The van der Waals surface area contributed by atoms with Gasteiger partial charge in [0.05, 0.1) is 13.1 Å². The minimum absolute atomic E-state index is 0. The molecule has 0 atom stereocenters. The molecule has 3 heteroatoms. The van der Waals surface area contributed by atoms with Crippen LogP contribution in [0, 0.1) is 11.3 Å². The predicted molar refractivity (Wildman–Crippen MR) is 64.5 cm³/mol. The second-order valence-corrected chi connectivity index (χ2v) is 4.81. The molecule has 1 fully saturated rings. The van der Waals surface area contributed by atoms with Crippen molar-refractivity contribution in [1.29, 1.82) is 5.26 Å². The highest BCUT2D eigenvalue weighted by molar-refractivity contribution is 5.13. The van der Waals surface area contributed by atoms with Gasteiger partial charge in [-0.15, -0.1) is 0 Å². The Morgan fingerprint density at radius 2 is 1.71 bits per heavy atom. The van der Waals surface area contributed by atoms with Crippen molar-refractivity contribution < 1.29 is 16.9 Å². The van der Waals surface area contributed by atoms with Gasteiger partial charge in [-0.05, 0) is 19.3 Å². The van der Waals surface area contributed by atoms with E-state index in [9.17, 15) is 0 Å². The molecule has 1 saturated heterocycles. The van der Waals surface area contributed by atoms with E-state index in [1.165, 1.54) is 37.9 Å². The number of quaternary nitrogens is 1. The zero-order valence-electron chi connectivity index (χ0n) is 10.1. The fourth-order valence-electron chi connectivity index (χ4n) is 2.68. The topological polar surface area (TPSA) is 23.8 Å². The van der Waals surface area contributed by atoms with Crippen LogP contribution in [0.15, 0.2) is 30.3 Å². The van der Waals surface area contributed by atoms with Crippen LogP contribution in [0.4, 0.5) is 0 Å². The molecule has 1 aliphatic rings. The van der Waals surface area contributed by atoms with E-state index in [-0.39, 0.29) is 12.4 Å². The van der Waals surface area contributed by atoms with E-state index in [4.69, 9.17) is 5.26 Å². The number of nitriles is 1. The molecule has 0 amide bonds. The highest BCUT2D eigenvalue weighted by Gasteiger charge is 2.29. The van der Waals surface area contributed by atoms with Gasteiger partial charge in [0.25, 0.3) is 0 Å². The average molecular weight is 251 g/mol. The van der Waals surface area contributed by atoms with E-state index in [0.717, 1.165) is 11.0 Å². The van der Waals surface area contributed by atoms with Crippen molar-refractivity contribution in [3.8, 4) is 6.07 Å². The highest BCUT2D eigenvalue weighted by atomic mass is 35.5. The van der Waals surface area contributed by atoms with Crippen LogP contribution in [0.3, 0.4) is 0 Å². The second-order valence-electron chi connectivity index (χ2n) is 4.81. The summed E-state index contributed by atoms with van der Waals surface area (Å²) in [7, 11) is 0. The Balaban J connectivity index is 0.00000144. The van der Waals surface area contributed by atoms with Gasteiger partial charge >= 0.3 is 0 Å². The molecule has 2 nitrogen and oxygen atoms in total. The van der Waals surface area contributed by atoms with Gasteiger partial charge < -0.3 is 16.9 Å². The SMILES string of the molecule is N#CC[N+]1(Cc2ccccc2)CCCCC1.[Cl-]. The Morgan fingerprint density at radius 1 is 1.06 bits per heavy atom. The monoisotopic (exact) mass is 250 g/mol. The maximum absolute atomic E-state index is 9.00. The average Bonchev–Trinajstić information content (AvgIpc) is 2.31. The van der Waals surface area contributed by atoms with Crippen LogP contribution in [0.25, 0.3) is 0 Å². The maximum Gasteiger partial charge on any atom is 0.166 e. The number of rotatable bonds is 3. The number of nitrogens with zero attached hydrogens (tertiary/aromatic N) is 2. The Morgan fingerprint density at radius 3 is 2.29 bits per heavy atom. The predicted octanol–water partition coefficient (Wildman–Crippen LogP) is -0.285. The van der Waals surface area contributed by atoms with Gasteiger partial charge in [0.15, 0.2) is 6.54 Å². The van der Waals surface area contributed by atoms with E-state index in [1.54, 1.807) is 0 Å². The lowest BCUT2D eigenvalue weighted by molar-refractivity contribution is -0.938. The molecule has 2 rings (SSSR count). The molecule has 17 heavy (non-hydrogen) atoms. The van der Waals surface area contributed by atoms with Gasteiger partial charge in [0.2, 0.25) is 0 Å². The van der Waals surface area contributed by atoms with Crippen LogP contribution in [-0.4, -0.2) is 24.1 Å². The molecule has 0 radical (unpaired) electrons. The molecule has 0 unspecified atom stereocenters. The lowest BCUT2D eigenvalue weighted by Crippen LogP contribution is -3.00. The van der Waals surface area contributed by atoms with Crippen molar-refractivity contribution >= 4 is 0 Å². The molecule has 0 aromatic heterocycles. The van der Waals surface area contributed by atoms with Crippen molar-refractivity contribution in [3.05, 3.63) is 35.9 Å². The molecule has 0 N–H and O–H groups in total. The summed E-state index contributed by atoms with van der Waals surface area (Å²) in [5, 5.41) is 9.00. The number of hydrogen-bond donors (Lipinski definition) is 0. The van der Waals surface area contributed by atoms with Crippen molar-refractivity contribution in [2.75, 3.05) is 19.6 Å². The van der Waals surface area contributed by atoms with E-state index in [0.29, 0.717) is 6.54 Å². The molecule has 1 aromatic carbocycles. The van der Waals surface area contributed by atoms with Crippen LogP contribution in [0.5, 0.6) is 0 Å². The second kappa shape index (κ2) is 6.64. The number of hydrogen-bond acceptors (Lipinski definition) is 1. The van der Waals surface area contributed by atoms with Gasteiger partial charge in [-0.25, -0.2) is 0 Å². The lowest BCUT2D eigenvalue weighted by Gasteiger charge is -2.39. The van der Waals surface area contributed by atoms with E-state index in [2.05, 4.69) is 30.3 Å². The van der Waals surface area contributed by atoms with Crippen molar-refractivity contribution in [2.45, 2.75) is 25.8 Å². The van der Waals surface area contributed by atoms with Gasteiger partial charge in [-0.2, -0.15) is 5.26 Å². The van der Waals surface area contributed by atoms with Gasteiger partial charge in [-0.1, -0.05) is 30.3 Å². The van der Waals surface area contributed by atoms with Crippen molar-refractivity contribution in [3.63, 3.8) is 0 Å². The smallest absolute Gasteiger partial charge is 0.166 e. The summed E-state index contributed by atoms with van der Waals surface area (Å²) >= 11 is 0. The standard InChI is InChI=1S/C14H19N2.ClH/c15-9-12-16(10-5-2-6-11-16)13-14-7-3-1-4-8-14;/h1,3-4,7-8H,2,5-6,10-13H2;1H/q+1;/p-1. The molecule has 0 bridgehead atoms. The van der Waals surface area contributed by atoms with Crippen molar-refractivity contribution in [1.82, 2.24) is 0 Å². The maximum atomic E-state index is 9.00. The number of halogens is 1. The molecule has 0 spiro atoms. The zero-order chi connectivity index (χ0) is 11.3. The number of benzene rings is 1. The fourth-order valence-corrected chi connectivity index (χ4v) is 2.68. The normalized spacial score (nSPS) is 17.8. The quantitative estimate of drug-likeness (QED) is 0.535. The fraction of sp³-hybridized carbons (Fsp3) is 0.500. The van der Waals surface area contributed by atoms with E-state index >= 15 is 0 Å². The Kier molecular flexibility index (Phi) is 5.47. The number of piperidine rings is 1. The molecule has 1 aromatic rings. The van der Waals surface area contributed by atoms with Crippen LogP contribution in [0.2, 0.25) is 0 Å². The van der Waals surface area contributed by atoms with Crippen molar-refractivity contribution in [2.24, 2.45) is 0 Å². The van der Waals surface area contributed by atoms with Crippen LogP contribution < -0.4 is 12.4 Å². The summed E-state index contributed by atoms with van der Waals surface area (Å²) in [6, 6.07) is 12.9. The first kappa shape index (κ1) is 14.0. The molecule has 0 aliphatic carbocycles. The van der Waals surface area contributed by atoms with Crippen LogP contribution in [-0.2, 0) is 6.54 Å². The first-order valence-electron chi connectivity index (χ1n) is 6.11. The minimum Gasteiger partial charge on any atom is -1.00 e. The lowest BCUT2D eigenvalue weighted by atomic mass is 10.1. The third-order valence-corrected chi connectivity index (χ3v) is 3.53. The molecule has 0 saturated carbocycles. The van der Waals surface area contributed by atoms with Crippen LogP contribution >= 0.6 is 0 Å². The molecule has 92 valence electrons.